The van der Waals surface area contributed by atoms with Crippen molar-refractivity contribution in [3.8, 4) is 0 Å². The summed E-state index contributed by atoms with van der Waals surface area (Å²) in [5.41, 5.74) is 0. The van der Waals surface area contributed by atoms with Crippen LogP contribution in [0.25, 0.3) is 0 Å². The summed E-state index contributed by atoms with van der Waals surface area (Å²) in [6.45, 7) is 0. The van der Waals surface area contributed by atoms with Gasteiger partial charge in [-0.1, -0.05) is 11.8 Å². The monoisotopic (exact) mass is 196 g/mol. The van der Waals surface area contributed by atoms with E-state index in [-0.39, 0.29) is 0 Å². The molecule has 1 heterocycles. The number of methoxy groups -OCH3 is 1. The number of ether oxygens (including phenoxy) is 1. The van der Waals surface area contributed by atoms with E-state index >= 15 is 0 Å². The molecule has 1 saturated carbocycles. The highest BCUT2D eigenvalue weighted by Crippen LogP contribution is 2.36. The van der Waals surface area contributed by atoms with Gasteiger partial charge in [-0.25, -0.2) is 9.97 Å². The Kier molecular flexibility index (Phi) is 2.80. The van der Waals surface area contributed by atoms with E-state index in [4.69, 9.17) is 4.74 Å². The van der Waals surface area contributed by atoms with E-state index in [9.17, 15) is 0 Å². The quantitative estimate of drug-likeness (QED) is 0.690. The molecule has 0 bridgehead atoms. The van der Waals surface area contributed by atoms with Crippen LogP contribution in [0.15, 0.2) is 23.6 Å². The van der Waals surface area contributed by atoms with Crippen LogP contribution in [0.5, 0.6) is 0 Å². The molecule has 0 spiro atoms. The van der Waals surface area contributed by atoms with Gasteiger partial charge in [-0.3, -0.25) is 0 Å². The molecule has 0 amide bonds. The fourth-order valence-corrected chi connectivity index (χ4v) is 2.46. The Morgan fingerprint density at radius 3 is 2.69 bits per heavy atom. The zero-order valence-electron chi connectivity index (χ0n) is 7.51. The molecular formula is C9H12N2OS. The standard InChI is InChI=1S/C9H12N2OS/c1-12-7-5-8(6-7)13-9-10-3-2-4-11-9/h2-4,7-8H,5-6H2,1H3. The molecule has 0 N–H and O–H groups in total. The number of thioether (sulfide) groups is 1. The number of nitrogens with zero attached hydrogens (tertiary/aromatic N) is 2. The molecule has 0 radical (unpaired) electrons. The number of hydrogen-bond donors (Lipinski definition) is 0. The van der Waals surface area contributed by atoms with Gasteiger partial charge in [0.15, 0.2) is 5.16 Å². The van der Waals surface area contributed by atoms with Crippen molar-refractivity contribution in [2.45, 2.75) is 29.4 Å². The third kappa shape index (κ3) is 2.19. The van der Waals surface area contributed by atoms with E-state index in [1.807, 2.05) is 6.07 Å². The van der Waals surface area contributed by atoms with Crippen LogP contribution in [0.1, 0.15) is 12.8 Å². The van der Waals surface area contributed by atoms with Crippen LogP contribution < -0.4 is 0 Å². The van der Waals surface area contributed by atoms with Gasteiger partial charge in [-0.15, -0.1) is 0 Å². The average Bonchev–Trinajstić information content (AvgIpc) is 2.12. The zero-order chi connectivity index (χ0) is 9.10. The normalized spacial score (nSPS) is 26.8. The first-order valence-corrected chi connectivity index (χ1v) is 5.23. The van der Waals surface area contributed by atoms with Crippen LogP contribution in [0, 0.1) is 0 Å². The Labute approximate surface area is 81.9 Å². The van der Waals surface area contributed by atoms with Crippen molar-refractivity contribution in [3.05, 3.63) is 18.5 Å². The fourth-order valence-electron chi connectivity index (χ4n) is 1.30. The molecule has 4 heteroatoms. The van der Waals surface area contributed by atoms with Crippen LogP contribution in [0.3, 0.4) is 0 Å². The van der Waals surface area contributed by atoms with E-state index in [1.54, 1.807) is 31.3 Å². The van der Waals surface area contributed by atoms with E-state index in [2.05, 4.69) is 9.97 Å². The maximum Gasteiger partial charge on any atom is 0.187 e. The van der Waals surface area contributed by atoms with Gasteiger partial charge in [0, 0.05) is 24.8 Å². The summed E-state index contributed by atoms with van der Waals surface area (Å²) in [7, 11) is 1.77. The maximum atomic E-state index is 5.20. The lowest BCUT2D eigenvalue weighted by Crippen LogP contribution is -2.32. The van der Waals surface area contributed by atoms with Crippen molar-refractivity contribution in [1.82, 2.24) is 9.97 Å². The van der Waals surface area contributed by atoms with Crippen LogP contribution in [0.4, 0.5) is 0 Å². The molecule has 3 nitrogen and oxygen atoms in total. The van der Waals surface area contributed by atoms with Gasteiger partial charge in [-0.05, 0) is 18.9 Å². The Bertz CT molecular complexity index is 262. The number of aromatic nitrogens is 2. The van der Waals surface area contributed by atoms with E-state index < -0.39 is 0 Å². The van der Waals surface area contributed by atoms with Crippen LogP contribution >= 0.6 is 11.8 Å². The average molecular weight is 196 g/mol. The molecule has 0 aliphatic heterocycles. The molecule has 0 unspecified atom stereocenters. The minimum absolute atomic E-state index is 0.459. The minimum atomic E-state index is 0.459. The molecule has 2 rings (SSSR count). The molecule has 0 saturated heterocycles. The van der Waals surface area contributed by atoms with Crippen molar-refractivity contribution in [2.75, 3.05) is 7.11 Å². The summed E-state index contributed by atoms with van der Waals surface area (Å²) in [6, 6.07) is 1.84. The van der Waals surface area contributed by atoms with Gasteiger partial charge in [0.1, 0.15) is 0 Å². The highest BCUT2D eigenvalue weighted by Gasteiger charge is 2.30. The first-order valence-electron chi connectivity index (χ1n) is 4.35. The largest absolute Gasteiger partial charge is 0.381 e. The van der Waals surface area contributed by atoms with Crippen molar-refractivity contribution >= 4 is 11.8 Å². The lowest BCUT2D eigenvalue weighted by Gasteiger charge is -2.32. The van der Waals surface area contributed by atoms with Crippen LogP contribution in [0.2, 0.25) is 0 Å². The number of rotatable bonds is 3. The molecule has 1 fully saturated rings. The maximum absolute atomic E-state index is 5.20. The van der Waals surface area contributed by atoms with Gasteiger partial charge in [-0.2, -0.15) is 0 Å². The second-order valence-electron chi connectivity index (χ2n) is 3.10. The molecule has 13 heavy (non-hydrogen) atoms. The van der Waals surface area contributed by atoms with Crippen LogP contribution in [-0.4, -0.2) is 28.4 Å². The van der Waals surface area contributed by atoms with E-state index in [1.165, 1.54) is 0 Å². The van der Waals surface area contributed by atoms with Gasteiger partial charge < -0.3 is 4.74 Å². The smallest absolute Gasteiger partial charge is 0.187 e. The number of hydrogen-bond acceptors (Lipinski definition) is 4. The van der Waals surface area contributed by atoms with E-state index in [0.29, 0.717) is 11.4 Å². The summed E-state index contributed by atoms with van der Waals surface area (Å²) in [4.78, 5) is 8.32. The Morgan fingerprint density at radius 1 is 1.38 bits per heavy atom. The molecule has 0 aromatic carbocycles. The summed E-state index contributed by atoms with van der Waals surface area (Å²) >= 11 is 1.75. The van der Waals surface area contributed by atoms with Gasteiger partial charge in [0.05, 0.1) is 6.10 Å². The lowest BCUT2D eigenvalue weighted by molar-refractivity contribution is 0.0457. The zero-order valence-corrected chi connectivity index (χ0v) is 8.33. The van der Waals surface area contributed by atoms with Gasteiger partial charge in [0.2, 0.25) is 0 Å². The van der Waals surface area contributed by atoms with Crippen molar-refractivity contribution < 1.29 is 4.74 Å². The Morgan fingerprint density at radius 2 is 2.08 bits per heavy atom. The lowest BCUT2D eigenvalue weighted by atomic mass is 9.95. The predicted octanol–water partition coefficient (Wildman–Crippen LogP) is 1.75. The van der Waals surface area contributed by atoms with Crippen molar-refractivity contribution in [1.29, 1.82) is 0 Å². The fraction of sp³-hybridized carbons (Fsp3) is 0.556. The highest BCUT2D eigenvalue weighted by molar-refractivity contribution is 7.99. The summed E-state index contributed by atoms with van der Waals surface area (Å²) < 4.78 is 5.20. The van der Waals surface area contributed by atoms with Crippen molar-refractivity contribution in [2.24, 2.45) is 0 Å². The molecular weight excluding hydrogens is 184 g/mol. The molecule has 1 aromatic rings. The topological polar surface area (TPSA) is 35.0 Å². The highest BCUT2D eigenvalue weighted by atomic mass is 32.2. The minimum Gasteiger partial charge on any atom is -0.381 e. The van der Waals surface area contributed by atoms with E-state index in [0.717, 1.165) is 18.0 Å². The molecule has 1 aliphatic rings. The summed E-state index contributed by atoms with van der Waals surface area (Å²) in [5, 5.41) is 1.52. The third-order valence-corrected chi connectivity index (χ3v) is 3.34. The Hall–Kier alpha value is -0.610. The molecule has 70 valence electrons. The van der Waals surface area contributed by atoms with Crippen molar-refractivity contribution in [3.63, 3.8) is 0 Å². The summed E-state index contributed by atoms with van der Waals surface area (Å²) in [6.07, 6.45) is 6.27. The summed E-state index contributed by atoms with van der Waals surface area (Å²) in [5.74, 6) is 0. The molecule has 0 atom stereocenters. The van der Waals surface area contributed by atoms with Gasteiger partial charge in [0.25, 0.3) is 0 Å². The first kappa shape index (κ1) is 8.97. The SMILES string of the molecule is COC1CC(Sc2ncccn2)C1. The first-order chi connectivity index (χ1) is 6.38. The second-order valence-corrected chi connectivity index (χ2v) is 4.37. The Balaban J connectivity index is 1.81. The van der Waals surface area contributed by atoms with Crippen LogP contribution in [-0.2, 0) is 4.74 Å². The van der Waals surface area contributed by atoms with Gasteiger partial charge >= 0.3 is 0 Å². The third-order valence-electron chi connectivity index (χ3n) is 2.20. The predicted molar refractivity (Wildman–Crippen MR) is 51.7 cm³/mol. The molecule has 1 aliphatic carbocycles. The second kappa shape index (κ2) is 4.07. The molecule has 1 aromatic heterocycles.